The molecule has 0 heterocycles. The van der Waals surface area contributed by atoms with Crippen molar-refractivity contribution in [2.45, 2.75) is 56.6 Å². The molecule has 0 aromatic heterocycles. The Balaban J connectivity index is 1.41. The SMILES string of the molecule is COc1ccc(-c2ccc3cc(C(C)(N)O)ccc3c2)cc1C12CC3CC(CC(C3)C1)C2. The van der Waals surface area contributed by atoms with E-state index in [9.17, 15) is 5.11 Å². The standard InChI is InChI=1S/C29H33NO2/c1-28(30,31)25-7-5-22-12-21(3-4-23(22)13-25)24-6-8-27(32-2)26(14-24)29-15-18-9-19(16-29)11-20(10-18)17-29/h3-8,12-14,18-20,31H,9-11,15-17,30H2,1-2H3. The van der Waals surface area contributed by atoms with Crippen molar-refractivity contribution in [1.82, 2.24) is 0 Å². The lowest BCUT2D eigenvalue weighted by Gasteiger charge is -2.57. The topological polar surface area (TPSA) is 55.5 Å². The Morgan fingerprint density at radius 3 is 2.03 bits per heavy atom. The lowest BCUT2D eigenvalue weighted by Crippen LogP contribution is -2.48. The Hall–Kier alpha value is -2.36. The van der Waals surface area contributed by atoms with Gasteiger partial charge in [-0.2, -0.15) is 0 Å². The highest BCUT2D eigenvalue weighted by Crippen LogP contribution is 2.62. The molecule has 32 heavy (non-hydrogen) atoms. The van der Waals surface area contributed by atoms with Crippen LogP contribution in [-0.4, -0.2) is 12.2 Å². The summed E-state index contributed by atoms with van der Waals surface area (Å²) in [5, 5.41) is 12.4. The predicted octanol–water partition coefficient (Wildman–Crippen LogP) is 6.11. The molecule has 0 saturated heterocycles. The van der Waals surface area contributed by atoms with E-state index in [4.69, 9.17) is 10.5 Å². The molecule has 0 radical (unpaired) electrons. The molecule has 4 aliphatic carbocycles. The molecule has 0 amide bonds. The molecule has 0 aliphatic heterocycles. The van der Waals surface area contributed by atoms with E-state index in [1.165, 1.54) is 55.2 Å². The fourth-order valence-electron chi connectivity index (χ4n) is 7.48. The van der Waals surface area contributed by atoms with E-state index in [2.05, 4.69) is 42.5 Å². The van der Waals surface area contributed by atoms with Gasteiger partial charge >= 0.3 is 0 Å². The monoisotopic (exact) mass is 427 g/mol. The first-order valence-corrected chi connectivity index (χ1v) is 12.1. The van der Waals surface area contributed by atoms with Crippen molar-refractivity contribution in [2.75, 3.05) is 7.11 Å². The van der Waals surface area contributed by atoms with Gasteiger partial charge < -0.3 is 15.6 Å². The van der Waals surface area contributed by atoms with E-state index in [-0.39, 0.29) is 0 Å². The number of aliphatic hydroxyl groups is 1. The summed E-state index contributed by atoms with van der Waals surface area (Å²) in [5.74, 6) is 3.78. The van der Waals surface area contributed by atoms with Gasteiger partial charge in [0.2, 0.25) is 0 Å². The van der Waals surface area contributed by atoms with Crippen LogP contribution in [0.2, 0.25) is 0 Å². The van der Waals surface area contributed by atoms with E-state index in [1.807, 2.05) is 19.2 Å². The third kappa shape index (κ3) is 3.25. The van der Waals surface area contributed by atoms with Crippen LogP contribution >= 0.6 is 0 Å². The molecular formula is C29H33NO2. The van der Waals surface area contributed by atoms with Gasteiger partial charge in [-0.1, -0.05) is 30.3 Å². The average Bonchev–Trinajstić information content (AvgIpc) is 2.76. The fourth-order valence-corrected chi connectivity index (χ4v) is 7.48. The smallest absolute Gasteiger partial charge is 0.136 e. The summed E-state index contributed by atoms with van der Waals surface area (Å²) >= 11 is 0. The Morgan fingerprint density at radius 2 is 1.41 bits per heavy atom. The highest BCUT2D eigenvalue weighted by Gasteiger charge is 2.52. The minimum atomic E-state index is -1.32. The molecule has 3 nitrogen and oxygen atoms in total. The predicted molar refractivity (Wildman–Crippen MR) is 130 cm³/mol. The maximum absolute atomic E-state index is 10.1. The van der Waals surface area contributed by atoms with Gasteiger partial charge in [-0.25, -0.2) is 0 Å². The second-order valence-electron chi connectivity index (χ2n) is 11.0. The Morgan fingerprint density at radius 1 is 0.844 bits per heavy atom. The van der Waals surface area contributed by atoms with Gasteiger partial charge in [0.1, 0.15) is 11.5 Å². The molecule has 4 fully saturated rings. The van der Waals surface area contributed by atoms with Crippen molar-refractivity contribution in [2.24, 2.45) is 23.5 Å². The van der Waals surface area contributed by atoms with Gasteiger partial charge in [0, 0.05) is 5.56 Å². The summed E-state index contributed by atoms with van der Waals surface area (Å²) in [4.78, 5) is 0. The minimum Gasteiger partial charge on any atom is -0.496 e. The van der Waals surface area contributed by atoms with Crippen molar-refractivity contribution in [3.8, 4) is 16.9 Å². The molecule has 3 N–H and O–H groups in total. The number of benzene rings is 3. The highest BCUT2D eigenvalue weighted by molar-refractivity contribution is 5.88. The number of hydrogen-bond donors (Lipinski definition) is 2. The van der Waals surface area contributed by atoms with Gasteiger partial charge in [-0.05, 0) is 120 Å². The second-order valence-corrected chi connectivity index (χ2v) is 11.0. The van der Waals surface area contributed by atoms with Gasteiger partial charge in [0.25, 0.3) is 0 Å². The first-order chi connectivity index (χ1) is 15.3. The number of methoxy groups -OCH3 is 1. The number of ether oxygens (including phenoxy) is 1. The first-order valence-electron chi connectivity index (χ1n) is 12.1. The van der Waals surface area contributed by atoms with Crippen LogP contribution in [0.25, 0.3) is 21.9 Å². The molecule has 1 unspecified atom stereocenters. The van der Waals surface area contributed by atoms with Crippen LogP contribution in [0.5, 0.6) is 5.75 Å². The maximum Gasteiger partial charge on any atom is 0.136 e. The van der Waals surface area contributed by atoms with Gasteiger partial charge in [0.05, 0.1) is 7.11 Å². The lowest BCUT2D eigenvalue weighted by molar-refractivity contribution is -0.00613. The average molecular weight is 428 g/mol. The normalized spacial score (nSPS) is 30.4. The number of fused-ring (bicyclic) bond motifs is 1. The van der Waals surface area contributed by atoms with Crippen LogP contribution in [0.1, 0.15) is 56.6 Å². The molecule has 3 aromatic carbocycles. The zero-order valence-corrected chi connectivity index (χ0v) is 19.1. The van der Waals surface area contributed by atoms with Crippen LogP contribution in [0.15, 0.2) is 54.6 Å². The van der Waals surface area contributed by atoms with Crippen molar-refractivity contribution in [3.05, 3.63) is 65.7 Å². The molecule has 4 bridgehead atoms. The van der Waals surface area contributed by atoms with E-state index in [0.717, 1.165) is 39.8 Å². The van der Waals surface area contributed by atoms with E-state index in [1.54, 1.807) is 6.92 Å². The van der Waals surface area contributed by atoms with Gasteiger partial charge in [0.15, 0.2) is 0 Å². The number of rotatable bonds is 4. The summed E-state index contributed by atoms with van der Waals surface area (Å²) < 4.78 is 5.91. The molecule has 3 aromatic rings. The summed E-state index contributed by atoms with van der Waals surface area (Å²) in [6.07, 6.45) is 8.34. The van der Waals surface area contributed by atoms with Crippen molar-refractivity contribution in [3.63, 3.8) is 0 Å². The third-order valence-electron chi connectivity index (χ3n) is 8.57. The quantitative estimate of drug-likeness (QED) is 0.494. The molecule has 7 rings (SSSR count). The molecule has 1 atom stereocenters. The Labute approximate surface area is 190 Å². The van der Waals surface area contributed by atoms with Crippen LogP contribution in [-0.2, 0) is 11.1 Å². The van der Waals surface area contributed by atoms with E-state index < -0.39 is 5.72 Å². The van der Waals surface area contributed by atoms with Crippen LogP contribution < -0.4 is 10.5 Å². The van der Waals surface area contributed by atoms with Crippen molar-refractivity contribution >= 4 is 10.8 Å². The molecule has 0 spiro atoms. The van der Waals surface area contributed by atoms with Gasteiger partial charge in [-0.3, -0.25) is 0 Å². The minimum absolute atomic E-state index is 0.300. The van der Waals surface area contributed by atoms with Crippen molar-refractivity contribution in [1.29, 1.82) is 0 Å². The maximum atomic E-state index is 10.1. The summed E-state index contributed by atoms with van der Waals surface area (Å²) in [6.45, 7) is 1.62. The lowest BCUT2D eigenvalue weighted by atomic mass is 9.48. The van der Waals surface area contributed by atoms with Gasteiger partial charge in [-0.15, -0.1) is 0 Å². The van der Waals surface area contributed by atoms with Crippen LogP contribution in [0.3, 0.4) is 0 Å². The molecule has 3 heteroatoms. The van der Waals surface area contributed by atoms with Crippen LogP contribution in [0.4, 0.5) is 0 Å². The first kappa shape index (κ1) is 20.3. The van der Waals surface area contributed by atoms with E-state index in [0.29, 0.717) is 5.41 Å². The van der Waals surface area contributed by atoms with Crippen LogP contribution in [0, 0.1) is 17.8 Å². The Kier molecular flexibility index (Phi) is 4.48. The second kappa shape index (κ2) is 7.07. The highest BCUT2D eigenvalue weighted by atomic mass is 16.5. The largest absolute Gasteiger partial charge is 0.496 e. The molecule has 166 valence electrons. The molecule has 4 aliphatic rings. The fraction of sp³-hybridized carbons (Fsp3) is 0.448. The molecular weight excluding hydrogens is 394 g/mol. The number of nitrogens with two attached hydrogens (primary N) is 1. The third-order valence-corrected chi connectivity index (χ3v) is 8.57. The summed E-state index contributed by atoms with van der Waals surface area (Å²) in [6, 6.07) is 19.3. The van der Waals surface area contributed by atoms with Crippen molar-refractivity contribution < 1.29 is 9.84 Å². The summed E-state index contributed by atoms with van der Waals surface area (Å²) in [7, 11) is 1.82. The number of hydrogen-bond acceptors (Lipinski definition) is 3. The van der Waals surface area contributed by atoms with E-state index >= 15 is 0 Å². The zero-order chi connectivity index (χ0) is 22.1. The summed E-state index contributed by atoms with van der Waals surface area (Å²) in [5.41, 5.74) is 9.50. The Bertz CT molecular complexity index is 1150. The zero-order valence-electron chi connectivity index (χ0n) is 19.1. The molecule has 4 saturated carbocycles.